The van der Waals surface area contributed by atoms with Crippen molar-refractivity contribution >= 4 is 22.9 Å². The zero-order chi connectivity index (χ0) is 15.2. The first-order valence-electron chi connectivity index (χ1n) is 7.09. The molecule has 0 fully saturated rings. The summed E-state index contributed by atoms with van der Waals surface area (Å²) >= 11 is 1.75. The smallest absolute Gasteiger partial charge is 0.272 e. The van der Waals surface area contributed by atoms with Crippen LogP contribution in [0.25, 0.3) is 0 Å². The van der Waals surface area contributed by atoms with Crippen molar-refractivity contribution in [1.82, 2.24) is 9.88 Å². The molecule has 21 heavy (non-hydrogen) atoms. The molecular formula is C16H21N3OS. The molecule has 2 heterocycles. The fraction of sp³-hybridized carbons (Fsp3) is 0.375. The molecule has 0 spiro atoms. The Morgan fingerprint density at radius 1 is 1.43 bits per heavy atom. The molecule has 2 aromatic heterocycles. The first-order valence-corrected chi connectivity index (χ1v) is 7.97. The maximum absolute atomic E-state index is 12.0. The van der Waals surface area contributed by atoms with Crippen LogP contribution in [0.15, 0.2) is 35.8 Å². The van der Waals surface area contributed by atoms with Gasteiger partial charge < -0.3 is 10.2 Å². The average Bonchev–Trinajstić information content (AvgIpc) is 3.00. The number of hydrogen-bond donors (Lipinski definition) is 1. The van der Waals surface area contributed by atoms with E-state index in [4.69, 9.17) is 0 Å². The molecule has 0 saturated heterocycles. The van der Waals surface area contributed by atoms with Crippen LogP contribution in [-0.2, 0) is 0 Å². The van der Waals surface area contributed by atoms with Gasteiger partial charge in [0.1, 0.15) is 5.69 Å². The lowest BCUT2D eigenvalue weighted by atomic mass is 10.1. The number of amides is 1. The number of hydrogen-bond acceptors (Lipinski definition) is 4. The van der Waals surface area contributed by atoms with Crippen molar-refractivity contribution in [2.45, 2.75) is 25.8 Å². The monoisotopic (exact) mass is 303 g/mol. The Morgan fingerprint density at radius 2 is 2.24 bits per heavy atom. The molecule has 1 N–H and O–H groups in total. The number of rotatable bonds is 6. The highest BCUT2D eigenvalue weighted by atomic mass is 32.1. The van der Waals surface area contributed by atoms with Crippen molar-refractivity contribution in [2.75, 3.05) is 19.4 Å². The van der Waals surface area contributed by atoms with Crippen LogP contribution in [0.5, 0.6) is 0 Å². The number of nitrogens with zero attached hydrogens (tertiary/aromatic N) is 2. The molecule has 1 unspecified atom stereocenters. The quantitative estimate of drug-likeness (QED) is 0.883. The molecule has 0 aliphatic carbocycles. The van der Waals surface area contributed by atoms with Crippen molar-refractivity contribution < 1.29 is 4.79 Å². The number of pyridine rings is 1. The summed E-state index contributed by atoms with van der Waals surface area (Å²) < 4.78 is 0. The molecule has 1 amide bonds. The van der Waals surface area contributed by atoms with Gasteiger partial charge in [-0.2, -0.15) is 0 Å². The van der Waals surface area contributed by atoms with Gasteiger partial charge >= 0.3 is 0 Å². The largest absolute Gasteiger partial charge is 0.377 e. The summed E-state index contributed by atoms with van der Waals surface area (Å²) in [7, 11) is 3.46. The van der Waals surface area contributed by atoms with Gasteiger partial charge in [0.25, 0.3) is 5.91 Å². The second-order valence-corrected chi connectivity index (χ2v) is 6.11. The number of carbonyl (C=O) groups excluding carboxylic acids is 1. The van der Waals surface area contributed by atoms with Gasteiger partial charge in [0.15, 0.2) is 0 Å². The molecule has 0 saturated carbocycles. The molecule has 1 atom stereocenters. The minimum absolute atomic E-state index is 0.0817. The number of anilines is 1. The van der Waals surface area contributed by atoms with Crippen molar-refractivity contribution in [3.63, 3.8) is 0 Å². The van der Waals surface area contributed by atoms with Crippen LogP contribution in [0.4, 0.5) is 5.69 Å². The second-order valence-electron chi connectivity index (χ2n) is 5.13. The highest BCUT2D eigenvalue weighted by molar-refractivity contribution is 7.10. The molecule has 0 bridgehead atoms. The summed E-state index contributed by atoms with van der Waals surface area (Å²) in [6.45, 7) is 2.18. The molecule has 5 heteroatoms. The van der Waals surface area contributed by atoms with Crippen molar-refractivity contribution in [1.29, 1.82) is 0 Å². The molecule has 112 valence electrons. The summed E-state index contributed by atoms with van der Waals surface area (Å²) in [5.41, 5.74) is 1.40. The van der Waals surface area contributed by atoms with Gasteiger partial charge in [0.05, 0.1) is 6.04 Å². The zero-order valence-corrected chi connectivity index (χ0v) is 13.5. The number of aromatic nitrogens is 1. The minimum Gasteiger partial charge on any atom is -0.377 e. The topological polar surface area (TPSA) is 45.2 Å². The molecule has 0 radical (unpaired) electrons. The maximum Gasteiger partial charge on any atom is 0.272 e. The first kappa shape index (κ1) is 15.5. The number of nitrogens with one attached hydrogen (secondary N) is 1. The van der Waals surface area contributed by atoms with Crippen LogP contribution in [0, 0.1) is 0 Å². The number of carbonyl (C=O) groups is 1. The third-order valence-electron chi connectivity index (χ3n) is 3.19. The Balaban J connectivity index is 2.17. The van der Waals surface area contributed by atoms with Gasteiger partial charge in [-0.05, 0) is 30.0 Å². The molecular weight excluding hydrogens is 282 g/mol. The van der Waals surface area contributed by atoms with E-state index in [2.05, 4.69) is 34.7 Å². The Labute approximate surface area is 129 Å². The Morgan fingerprint density at radius 3 is 2.86 bits per heavy atom. The lowest BCUT2D eigenvalue weighted by Gasteiger charge is -2.18. The van der Waals surface area contributed by atoms with E-state index in [0.717, 1.165) is 18.5 Å². The normalized spacial score (nSPS) is 12.0. The highest BCUT2D eigenvalue weighted by Crippen LogP contribution is 2.27. The highest BCUT2D eigenvalue weighted by Gasteiger charge is 2.14. The molecule has 2 aromatic rings. The van der Waals surface area contributed by atoms with Crippen molar-refractivity contribution in [2.24, 2.45) is 0 Å². The van der Waals surface area contributed by atoms with Crippen LogP contribution < -0.4 is 5.32 Å². The van der Waals surface area contributed by atoms with Gasteiger partial charge in [-0.3, -0.25) is 9.78 Å². The lowest BCUT2D eigenvalue weighted by molar-refractivity contribution is 0.0822. The number of thiophene rings is 1. The second kappa shape index (κ2) is 7.22. The SMILES string of the molecule is CCCC(Nc1ccnc(C(=O)N(C)C)c1)c1cccs1. The summed E-state index contributed by atoms with van der Waals surface area (Å²) in [5, 5.41) is 5.61. The van der Waals surface area contributed by atoms with Crippen LogP contribution in [-0.4, -0.2) is 29.9 Å². The maximum atomic E-state index is 12.0. The minimum atomic E-state index is -0.0817. The van der Waals surface area contributed by atoms with Gasteiger partial charge in [0, 0.05) is 30.9 Å². The van der Waals surface area contributed by atoms with E-state index in [-0.39, 0.29) is 11.9 Å². The van der Waals surface area contributed by atoms with Gasteiger partial charge in [-0.15, -0.1) is 11.3 Å². The summed E-state index contributed by atoms with van der Waals surface area (Å²) in [6.07, 6.45) is 3.83. The molecule has 4 nitrogen and oxygen atoms in total. The Kier molecular flexibility index (Phi) is 5.33. The lowest BCUT2D eigenvalue weighted by Crippen LogP contribution is -2.23. The predicted octanol–water partition coefficient (Wildman–Crippen LogP) is 3.80. The van der Waals surface area contributed by atoms with E-state index in [1.165, 1.54) is 9.78 Å². The predicted molar refractivity (Wildman–Crippen MR) is 87.8 cm³/mol. The van der Waals surface area contributed by atoms with E-state index >= 15 is 0 Å². The van der Waals surface area contributed by atoms with Gasteiger partial charge in [0.2, 0.25) is 0 Å². The van der Waals surface area contributed by atoms with Gasteiger partial charge in [-0.1, -0.05) is 19.4 Å². The van der Waals surface area contributed by atoms with Crippen LogP contribution in [0.1, 0.15) is 41.2 Å². The zero-order valence-electron chi connectivity index (χ0n) is 12.7. The van der Waals surface area contributed by atoms with Gasteiger partial charge in [-0.25, -0.2) is 0 Å². The third-order valence-corrected chi connectivity index (χ3v) is 4.18. The van der Waals surface area contributed by atoms with Crippen LogP contribution >= 0.6 is 11.3 Å². The van der Waals surface area contributed by atoms with E-state index in [1.807, 2.05) is 12.1 Å². The summed E-state index contributed by atoms with van der Waals surface area (Å²) in [5.74, 6) is -0.0817. The van der Waals surface area contributed by atoms with E-state index < -0.39 is 0 Å². The third kappa shape index (κ3) is 4.04. The fourth-order valence-electron chi connectivity index (χ4n) is 2.13. The molecule has 0 aliphatic heterocycles. The van der Waals surface area contributed by atoms with Crippen molar-refractivity contribution in [3.8, 4) is 0 Å². The molecule has 0 aliphatic rings. The standard InChI is InChI=1S/C16H21N3OS/c1-4-6-13(15-7-5-10-21-15)18-12-8-9-17-14(11-12)16(20)19(2)3/h5,7-11,13H,4,6H2,1-3H3,(H,17,18). The Hall–Kier alpha value is -1.88. The van der Waals surface area contributed by atoms with Crippen LogP contribution in [0.3, 0.4) is 0 Å². The Bertz CT molecular complexity index is 581. The summed E-state index contributed by atoms with van der Waals surface area (Å²) in [6, 6.07) is 8.21. The summed E-state index contributed by atoms with van der Waals surface area (Å²) in [4.78, 5) is 19.0. The van der Waals surface area contributed by atoms with E-state index in [9.17, 15) is 4.79 Å². The van der Waals surface area contributed by atoms with E-state index in [0.29, 0.717) is 5.69 Å². The fourth-order valence-corrected chi connectivity index (χ4v) is 2.94. The molecule has 2 rings (SSSR count). The average molecular weight is 303 g/mol. The molecule has 0 aromatic carbocycles. The van der Waals surface area contributed by atoms with E-state index in [1.54, 1.807) is 31.6 Å². The van der Waals surface area contributed by atoms with Crippen molar-refractivity contribution in [3.05, 3.63) is 46.4 Å². The van der Waals surface area contributed by atoms with Crippen LogP contribution in [0.2, 0.25) is 0 Å². The first-order chi connectivity index (χ1) is 10.1.